The van der Waals surface area contributed by atoms with Crippen LogP contribution in [-0.2, 0) is 4.79 Å². The minimum Gasteiger partial charge on any atom is -0.396 e. The Balaban J connectivity index is 2.21. The van der Waals surface area contributed by atoms with Gasteiger partial charge in [0.1, 0.15) is 17.2 Å². The van der Waals surface area contributed by atoms with Crippen LogP contribution < -0.4 is 10.3 Å². The number of amides is 1. The lowest BCUT2D eigenvalue weighted by atomic mass is 9.64. The standard InChI is InChI=1S/C27H34F3N3O2/c1-6-7-14-26(4)23(18-8-10-19(28)11-9-18)32-33(22-13-12-20(29)15-21(22)30)27(26,5)24(35)31-16-25(2,3)17-34/h8-13,15,34H,6-7,14,16-17H2,1-5H3,(H,31,35). The number of nitrogens with zero attached hydrogens (tertiary/aromatic N) is 2. The predicted octanol–water partition coefficient (Wildman–Crippen LogP) is 5.42. The third-order valence-electron chi connectivity index (χ3n) is 7.10. The van der Waals surface area contributed by atoms with Gasteiger partial charge in [-0.1, -0.05) is 52.7 Å². The zero-order valence-electron chi connectivity index (χ0n) is 21.0. The van der Waals surface area contributed by atoms with Crippen LogP contribution in [0.3, 0.4) is 0 Å². The molecule has 0 saturated carbocycles. The van der Waals surface area contributed by atoms with E-state index < -0.39 is 39.7 Å². The SMILES string of the molecule is CCCCC1(C)C(c2ccc(F)cc2)=NN(c2ccc(F)cc2F)C1(C)C(=O)NCC(C)(C)CO. The fourth-order valence-corrected chi connectivity index (χ4v) is 4.49. The zero-order chi connectivity index (χ0) is 26.0. The van der Waals surface area contributed by atoms with Gasteiger partial charge in [0.2, 0.25) is 5.91 Å². The maximum atomic E-state index is 15.1. The maximum Gasteiger partial charge on any atom is 0.248 e. The zero-order valence-corrected chi connectivity index (χ0v) is 21.0. The topological polar surface area (TPSA) is 64.9 Å². The van der Waals surface area contributed by atoms with Crippen molar-refractivity contribution in [2.75, 3.05) is 18.2 Å². The molecule has 0 saturated heterocycles. The van der Waals surface area contributed by atoms with Crippen LogP contribution in [0.5, 0.6) is 0 Å². The number of carbonyl (C=O) groups is 1. The highest BCUT2D eigenvalue weighted by molar-refractivity contribution is 6.13. The molecule has 0 bridgehead atoms. The van der Waals surface area contributed by atoms with Crippen molar-refractivity contribution >= 4 is 17.3 Å². The molecule has 0 spiro atoms. The molecule has 2 aromatic rings. The van der Waals surface area contributed by atoms with E-state index in [0.29, 0.717) is 17.7 Å². The lowest BCUT2D eigenvalue weighted by molar-refractivity contribution is -0.129. The molecule has 2 N–H and O–H groups in total. The van der Waals surface area contributed by atoms with E-state index in [1.165, 1.54) is 23.2 Å². The molecule has 1 aliphatic heterocycles. The summed E-state index contributed by atoms with van der Waals surface area (Å²) in [6, 6.07) is 8.98. The van der Waals surface area contributed by atoms with E-state index >= 15 is 4.39 Å². The van der Waals surface area contributed by atoms with Crippen molar-refractivity contribution in [3.63, 3.8) is 0 Å². The Morgan fingerprint density at radius 2 is 1.71 bits per heavy atom. The summed E-state index contributed by atoms with van der Waals surface area (Å²) in [4.78, 5) is 13.9. The third kappa shape index (κ3) is 4.94. The second kappa shape index (κ2) is 10.0. The highest BCUT2D eigenvalue weighted by Crippen LogP contribution is 2.51. The fraction of sp³-hybridized carbons (Fsp3) is 0.481. The number of hydrogen-bond acceptors (Lipinski definition) is 4. The molecule has 0 aliphatic carbocycles. The summed E-state index contributed by atoms with van der Waals surface area (Å²) < 4.78 is 42.5. The van der Waals surface area contributed by atoms with Gasteiger partial charge in [-0.15, -0.1) is 0 Å². The van der Waals surface area contributed by atoms with Gasteiger partial charge < -0.3 is 10.4 Å². The van der Waals surface area contributed by atoms with Crippen molar-refractivity contribution in [1.82, 2.24) is 5.32 Å². The lowest BCUT2D eigenvalue weighted by Gasteiger charge is -2.45. The molecule has 1 heterocycles. The first-order valence-corrected chi connectivity index (χ1v) is 11.9. The van der Waals surface area contributed by atoms with Gasteiger partial charge in [-0.2, -0.15) is 5.10 Å². The summed E-state index contributed by atoms with van der Waals surface area (Å²) in [6.07, 6.45) is 2.17. The number of rotatable bonds is 9. The summed E-state index contributed by atoms with van der Waals surface area (Å²) in [5, 5.41) is 18.7. The molecule has 2 unspecified atom stereocenters. The molecule has 0 radical (unpaired) electrons. The van der Waals surface area contributed by atoms with Crippen molar-refractivity contribution < 1.29 is 23.1 Å². The quantitative estimate of drug-likeness (QED) is 0.495. The molecule has 1 amide bonds. The first-order chi connectivity index (χ1) is 16.4. The highest BCUT2D eigenvalue weighted by Gasteiger charge is 2.61. The molecule has 35 heavy (non-hydrogen) atoms. The van der Waals surface area contributed by atoms with Gasteiger partial charge in [-0.3, -0.25) is 4.79 Å². The first-order valence-electron chi connectivity index (χ1n) is 11.9. The normalized spacial score (nSPS) is 22.3. The molecule has 2 aromatic carbocycles. The van der Waals surface area contributed by atoms with Crippen LogP contribution in [0.15, 0.2) is 47.6 Å². The maximum absolute atomic E-state index is 15.1. The smallest absolute Gasteiger partial charge is 0.248 e. The summed E-state index contributed by atoms with van der Waals surface area (Å²) in [5.41, 5.74) is -1.79. The number of aliphatic hydroxyl groups excluding tert-OH is 1. The lowest BCUT2D eigenvalue weighted by Crippen LogP contribution is -2.63. The van der Waals surface area contributed by atoms with Gasteiger partial charge in [0.25, 0.3) is 0 Å². The average Bonchev–Trinajstić information content (AvgIpc) is 3.05. The number of nitrogens with one attached hydrogen (secondary N) is 1. The highest BCUT2D eigenvalue weighted by atomic mass is 19.1. The Kier molecular flexibility index (Phi) is 7.65. The summed E-state index contributed by atoms with van der Waals surface area (Å²) in [7, 11) is 0. The van der Waals surface area contributed by atoms with Crippen LogP contribution in [-0.4, -0.2) is 35.4 Å². The summed E-state index contributed by atoms with van der Waals surface area (Å²) in [6.45, 7) is 9.33. The van der Waals surface area contributed by atoms with Gasteiger partial charge in [-0.05, 0) is 43.2 Å². The molecule has 0 aromatic heterocycles. The van der Waals surface area contributed by atoms with Crippen LogP contribution in [0.25, 0.3) is 0 Å². The minimum absolute atomic E-state index is 0.0368. The van der Waals surface area contributed by atoms with Crippen molar-refractivity contribution in [1.29, 1.82) is 0 Å². The predicted molar refractivity (Wildman–Crippen MR) is 132 cm³/mol. The van der Waals surface area contributed by atoms with E-state index in [1.54, 1.807) is 19.1 Å². The largest absolute Gasteiger partial charge is 0.396 e. The number of aliphatic hydroxyl groups is 1. The molecule has 190 valence electrons. The summed E-state index contributed by atoms with van der Waals surface area (Å²) >= 11 is 0. The molecule has 8 heteroatoms. The number of anilines is 1. The number of benzene rings is 2. The minimum atomic E-state index is -1.41. The first kappa shape index (κ1) is 26.7. The molecule has 0 fully saturated rings. The van der Waals surface area contributed by atoms with Crippen LogP contribution in [0, 0.1) is 28.3 Å². The van der Waals surface area contributed by atoms with E-state index in [-0.39, 0.29) is 18.8 Å². The molecule has 3 rings (SSSR count). The summed E-state index contributed by atoms with van der Waals surface area (Å²) in [5.74, 6) is -2.39. The molecule has 2 atom stereocenters. The van der Waals surface area contributed by atoms with Gasteiger partial charge >= 0.3 is 0 Å². The van der Waals surface area contributed by atoms with Crippen molar-refractivity contribution in [3.05, 3.63) is 65.5 Å². The monoisotopic (exact) mass is 489 g/mol. The van der Waals surface area contributed by atoms with Crippen LogP contribution in [0.1, 0.15) is 59.4 Å². The molecule has 1 aliphatic rings. The Hall–Kier alpha value is -2.87. The fourth-order valence-electron chi connectivity index (χ4n) is 4.49. The Morgan fingerprint density at radius 3 is 2.29 bits per heavy atom. The van der Waals surface area contributed by atoms with Crippen LogP contribution >= 0.6 is 0 Å². The second-order valence-corrected chi connectivity index (χ2v) is 10.4. The number of hydrogen-bond donors (Lipinski definition) is 2. The Morgan fingerprint density at radius 1 is 1.09 bits per heavy atom. The third-order valence-corrected chi connectivity index (χ3v) is 7.10. The van der Waals surface area contributed by atoms with E-state index in [1.807, 2.05) is 27.7 Å². The van der Waals surface area contributed by atoms with E-state index in [0.717, 1.165) is 25.0 Å². The average molecular weight is 490 g/mol. The second-order valence-electron chi connectivity index (χ2n) is 10.4. The van der Waals surface area contributed by atoms with Crippen LogP contribution in [0.2, 0.25) is 0 Å². The number of halogens is 3. The van der Waals surface area contributed by atoms with Gasteiger partial charge in [-0.25, -0.2) is 18.2 Å². The molecular formula is C27H34F3N3O2. The van der Waals surface area contributed by atoms with Crippen molar-refractivity contribution in [2.24, 2.45) is 15.9 Å². The van der Waals surface area contributed by atoms with Gasteiger partial charge in [0.15, 0.2) is 5.82 Å². The van der Waals surface area contributed by atoms with E-state index in [9.17, 15) is 18.7 Å². The number of unbranched alkanes of at least 4 members (excludes halogenated alkanes) is 1. The Labute approximate surface area is 205 Å². The van der Waals surface area contributed by atoms with E-state index in [2.05, 4.69) is 5.32 Å². The van der Waals surface area contributed by atoms with E-state index in [4.69, 9.17) is 5.10 Å². The van der Waals surface area contributed by atoms with Gasteiger partial charge in [0.05, 0.1) is 11.4 Å². The Bertz CT molecular complexity index is 1100. The van der Waals surface area contributed by atoms with Gasteiger partial charge in [0, 0.05) is 30.0 Å². The molecular weight excluding hydrogens is 455 g/mol. The molecule has 5 nitrogen and oxygen atoms in total. The van der Waals surface area contributed by atoms with Crippen LogP contribution in [0.4, 0.5) is 18.9 Å². The van der Waals surface area contributed by atoms with Crippen molar-refractivity contribution in [3.8, 4) is 0 Å². The van der Waals surface area contributed by atoms with Crippen molar-refractivity contribution in [2.45, 2.75) is 59.4 Å². The number of hydrazone groups is 1. The number of carbonyl (C=O) groups excluding carboxylic acids is 1.